The summed E-state index contributed by atoms with van der Waals surface area (Å²) in [5, 5.41) is 0. The monoisotopic (exact) mass is 250 g/mol. The van der Waals surface area contributed by atoms with Crippen LogP contribution in [0.1, 0.15) is 33.3 Å². The van der Waals surface area contributed by atoms with E-state index in [1.54, 1.807) is 0 Å². The molecule has 17 heavy (non-hydrogen) atoms. The van der Waals surface area contributed by atoms with Crippen LogP contribution in [0.25, 0.3) is 0 Å². The zero-order chi connectivity index (χ0) is 12.8. The van der Waals surface area contributed by atoms with E-state index < -0.39 is 0 Å². The smallest absolute Gasteiger partial charge is 0.399 e. The van der Waals surface area contributed by atoms with Gasteiger partial charge in [0.2, 0.25) is 0 Å². The first-order chi connectivity index (χ1) is 7.71. The zero-order valence-electron chi connectivity index (χ0n) is 11.1. The van der Waals surface area contributed by atoms with Gasteiger partial charge in [-0.15, -0.1) is 12.6 Å². The maximum atomic E-state index is 6.00. The van der Waals surface area contributed by atoms with Crippen molar-refractivity contribution in [3.8, 4) is 0 Å². The Hall–Kier alpha value is -0.445. The van der Waals surface area contributed by atoms with Gasteiger partial charge < -0.3 is 9.31 Å². The van der Waals surface area contributed by atoms with Gasteiger partial charge in [0.25, 0.3) is 0 Å². The third kappa shape index (κ3) is 2.39. The molecule has 0 spiro atoms. The Morgan fingerprint density at radius 3 is 2.00 bits per heavy atom. The molecule has 0 N–H and O–H groups in total. The Morgan fingerprint density at radius 1 is 1.00 bits per heavy atom. The molecule has 1 saturated heterocycles. The first kappa shape index (κ1) is 13.0. The molecule has 1 fully saturated rings. The second-order valence-electron chi connectivity index (χ2n) is 5.69. The van der Waals surface area contributed by atoms with Gasteiger partial charge in [-0.25, -0.2) is 0 Å². The third-order valence-corrected chi connectivity index (χ3v) is 3.87. The van der Waals surface area contributed by atoms with Crippen LogP contribution >= 0.6 is 12.6 Å². The van der Waals surface area contributed by atoms with Crippen molar-refractivity contribution in [2.45, 2.75) is 50.7 Å². The summed E-state index contributed by atoms with van der Waals surface area (Å²) in [6.45, 7) is 10.3. The van der Waals surface area contributed by atoms with Crippen molar-refractivity contribution in [3.05, 3.63) is 23.8 Å². The summed E-state index contributed by atoms with van der Waals surface area (Å²) in [5.74, 6) is 0. The van der Waals surface area contributed by atoms with E-state index in [1.165, 1.54) is 5.56 Å². The predicted octanol–water partition coefficient (Wildman–Crippen LogP) is 2.58. The van der Waals surface area contributed by atoms with Crippen LogP contribution in [-0.2, 0) is 9.31 Å². The minimum atomic E-state index is -0.300. The van der Waals surface area contributed by atoms with Gasteiger partial charge in [0.15, 0.2) is 0 Å². The Morgan fingerprint density at radius 2 is 1.53 bits per heavy atom. The van der Waals surface area contributed by atoms with Gasteiger partial charge >= 0.3 is 7.12 Å². The molecule has 0 atom stereocenters. The van der Waals surface area contributed by atoms with Gasteiger partial charge in [-0.3, -0.25) is 0 Å². The van der Waals surface area contributed by atoms with Crippen LogP contribution in [0.4, 0.5) is 0 Å². The lowest BCUT2D eigenvalue weighted by atomic mass is 9.78. The molecule has 92 valence electrons. The van der Waals surface area contributed by atoms with Gasteiger partial charge in [0, 0.05) is 4.90 Å². The Labute approximate surface area is 109 Å². The first-order valence-electron chi connectivity index (χ1n) is 5.87. The highest BCUT2D eigenvalue weighted by atomic mass is 32.1. The van der Waals surface area contributed by atoms with Crippen molar-refractivity contribution >= 4 is 25.2 Å². The summed E-state index contributed by atoms with van der Waals surface area (Å²) in [5.41, 5.74) is 1.62. The molecule has 0 radical (unpaired) electrons. The highest BCUT2D eigenvalue weighted by molar-refractivity contribution is 7.80. The molecule has 1 aromatic rings. The molecular weight excluding hydrogens is 231 g/mol. The lowest BCUT2D eigenvalue weighted by molar-refractivity contribution is 0.00578. The number of benzene rings is 1. The maximum absolute atomic E-state index is 6.00. The van der Waals surface area contributed by atoms with Crippen LogP contribution in [-0.4, -0.2) is 18.3 Å². The number of thiol groups is 1. The summed E-state index contributed by atoms with van der Waals surface area (Å²) in [7, 11) is -0.300. The molecule has 1 heterocycles. The topological polar surface area (TPSA) is 18.5 Å². The molecule has 1 aliphatic heterocycles. The average molecular weight is 250 g/mol. The van der Waals surface area contributed by atoms with Gasteiger partial charge in [0.1, 0.15) is 0 Å². The minimum Gasteiger partial charge on any atom is -0.399 e. The van der Waals surface area contributed by atoms with E-state index in [0.29, 0.717) is 0 Å². The first-order valence-corrected chi connectivity index (χ1v) is 6.32. The summed E-state index contributed by atoms with van der Waals surface area (Å²) >= 11 is 4.39. The van der Waals surface area contributed by atoms with Crippen LogP contribution in [0.2, 0.25) is 0 Å². The van der Waals surface area contributed by atoms with E-state index in [9.17, 15) is 0 Å². The Bertz CT molecular complexity index is 407. The molecule has 0 saturated carbocycles. The maximum Gasteiger partial charge on any atom is 0.494 e. The van der Waals surface area contributed by atoms with E-state index in [-0.39, 0.29) is 18.3 Å². The molecule has 2 rings (SSSR count). The normalized spacial score (nSPS) is 21.9. The summed E-state index contributed by atoms with van der Waals surface area (Å²) < 4.78 is 12.0. The second-order valence-corrected chi connectivity index (χ2v) is 6.21. The summed E-state index contributed by atoms with van der Waals surface area (Å²) in [6, 6.07) is 6.11. The highest BCUT2D eigenvalue weighted by Gasteiger charge is 2.51. The van der Waals surface area contributed by atoms with E-state index >= 15 is 0 Å². The Balaban J connectivity index is 2.32. The van der Waals surface area contributed by atoms with Gasteiger partial charge in [-0.05, 0) is 52.2 Å². The van der Waals surface area contributed by atoms with Gasteiger partial charge in [-0.1, -0.05) is 11.6 Å². The van der Waals surface area contributed by atoms with Crippen LogP contribution < -0.4 is 5.46 Å². The van der Waals surface area contributed by atoms with E-state index in [0.717, 1.165) is 10.4 Å². The van der Waals surface area contributed by atoms with Gasteiger partial charge in [-0.2, -0.15) is 0 Å². The molecule has 0 bridgehead atoms. The molecule has 4 heteroatoms. The van der Waals surface area contributed by atoms with Crippen molar-refractivity contribution < 1.29 is 9.31 Å². The molecule has 0 amide bonds. The number of hydrogen-bond donors (Lipinski definition) is 1. The molecule has 0 aliphatic carbocycles. The van der Waals surface area contributed by atoms with Crippen LogP contribution in [0, 0.1) is 6.92 Å². The van der Waals surface area contributed by atoms with Crippen LogP contribution in [0.5, 0.6) is 0 Å². The fourth-order valence-electron chi connectivity index (χ4n) is 1.91. The lowest BCUT2D eigenvalue weighted by Gasteiger charge is -2.32. The average Bonchev–Trinajstić information content (AvgIpc) is 2.34. The summed E-state index contributed by atoms with van der Waals surface area (Å²) in [4.78, 5) is 0.940. The molecule has 0 unspecified atom stereocenters. The predicted molar refractivity (Wildman–Crippen MR) is 74.1 cm³/mol. The standard InChI is InChI=1S/C13H19BO2S/c1-9-6-10(8-11(17)7-9)14-15-12(2,3)13(4,5)16-14/h6-8,17H,1-5H3. The highest BCUT2D eigenvalue weighted by Crippen LogP contribution is 2.36. The number of hydrogen-bond acceptors (Lipinski definition) is 3. The van der Waals surface area contributed by atoms with Crippen molar-refractivity contribution in [3.63, 3.8) is 0 Å². The number of rotatable bonds is 1. The van der Waals surface area contributed by atoms with Gasteiger partial charge in [0.05, 0.1) is 11.2 Å². The Kier molecular flexibility index (Phi) is 3.09. The van der Waals surface area contributed by atoms with E-state index in [1.807, 2.05) is 12.1 Å². The lowest BCUT2D eigenvalue weighted by Crippen LogP contribution is -2.41. The minimum absolute atomic E-state index is 0.293. The van der Waals surface area contributed by atoms with Crippen molar-refractivity contribution in [1.29, 1.82) is 0 Å². The quantitative estimate of drug-likeness (QED) is 0.610. The fourth-order valence-corrected chi connectivity index (χ4v) is 2.26. The van der Waals surface area contributed by atoms with Crippen molar-refractivity contribution in [2.75, 3.05) is 0 Å². The van der Waals surface area contributed by atoms with Crippen LogP contribution in [0.3, 0.4) is 0 Å². The van der Waals surface area contributed by atoms with E-state index in [2.05, 4.69) is 53.3 Å². The molecular formula is C13H19BO2S. The van der Waals surface area contributed by atoms with E-state index in [4.69, 9.17) is 9.31 Å². The molecule has 1 aromatic carbocycles. The third-order valence-electron chi connectivity index (χ3n) is 3.61. The SMILES string of the molecule is Cc1cc(S)cc(B2OC(C)(C)C(C)(C)O2)c1. The number of aryl methyl sites for hydroxylation is 1. The largest absolute Gasteiger partial charge is 0.494 e. The second kappa shape index (κ2) is 4.04. The summed E-state index contributed by atoms with van der Waals surface area (Å²) in [6.07, 6.45) is 0. The molecule has 1 aliphatic rings. The van der Waals surface area contributed by atoms with Crippen molar-refractivity contribution in [2.24, 2.45) is 0 Å². The van der Waals surface area contributed by atoms with Crippen LogP contribution in [0.15, 0.2) is 23.1 Å². The fraction of sp³-hybridized carbons (Fsp3) is 0.538. The van der Waals surface area contributed by atoms with Crippen molar-refractivity contribution in [1.82, 2.24) is 0 Å². The molecule has 0 aromatic heterocycles. The molecule has 2 nitrogen and oxygen atoms in total. The zero-order valence-corrected chi connectivity index (χ0v) is 12.0.